The summed E-state index contributed by atoms with van der Waals surface area (Å²) in [5.41, 5.74) is 1.50. The Labute approximate surface area is 223 Å². The Morgan fingerprint density at radius 2 is 1.73 bits per heavy atom. The fourth-order valence-corrected chi connectivity index (χ4v) is 6.50. The van der Waals surface area contributed by atoms with Gasteiger partial charge in [0.15, 0.2) is 0 Å². The molecule has 0 saturated carbocycles. The molecule has 0 saturated heterocycles. The Morgan fingerprint density at radius 1 is 1.03 bits per heavy atom. The molecule has 1 aliphatic rings. The van der Waals surface area contributed by atoms with E-state index in [4.69, 9.17) is 11.6 Å². The van der Waals surface area contributed by atoms with Gasteiger partial charge in [-0.25, -0.2) is 8.42 Å². The lowest BCUT2D eigenvalue weighted by atomic mass is 10.1. The molecule has 9 heteroatoms. The van der Waals surface area contributed by atoms with Crippen LogP contribution in [0, 0.1) is 0 Å². The molecule has 0 radical (unpaired) electrons. The van der Waals surface area contributed by atoms with Crippen LogP contribution in [0.15, 0.2) is 65.6 Å². The maximum Gasteiger partial charge on any atom is 0.265 e. The maximum atomic E-state index is 13.4. The molecule has 2 amide bonds. The van der Waals surface area contributed by atoms with Gasteiger partial charge < -0.3 is 10.2 Å². The molecule has 0 spiro atoms. The number of nitrogens with one attached hydrogen (secondary N) is 1. The van der Waals surface area contributed by atoms with Crippen molar-refractivity contribution in [2.45, 2.75) is 57.0 Å². The molecule has 4 rings (SSSR count). The predicted molar refractivity (Wildman–Crippen MR) is 147 cm³/mol. The van der Waals surface area contributed by atoms with Gasteiger partial charge in [0, 0.05) is 36.5 Å². The van der Waals surface area contributed by atoms with Crippen LogP contribution in [0.25, 0.3) is 10.8 Å². The van der Waals surface area contributed by atoms with E-state index in [1.807, 2.05) is 37.3 Å². The number of benzene rings is 3. The lowest BCUT2D eigenvalue weighted by molar-refractivity contribution is -0.140. The quantitative estimate of drug-likeness (QED) is 0.341. The molecule has 37 heavy (non-hydrogen) atoms. The molecule has 0 bridgehead atoms. The summed E-state index contributed by atoms with van der Waals surface area (Å²) in [6.45, 7) is 4.75. The second-order valence-electron chi connectivity index (χ2n) is 9.28. The number of anilines is 1. The van der Waals surface area contributed by atoms with Crippen molar-refractivity contribution in [3.63, 3.8) is 0 Å². The van der Waals surface area contributed by atoms with E-state index in [1.54, 1.807) is 42.2 Å². The Hall–Kier alpha value is -3.10. The van der Waals surface area contributed by atoms with Gasteiger partial charge in [-0.05, 0) is 55.0 Å². The topological polar surface area (TPSA) is 86.8 Å². The number of nitrogens with zero attached hydrogens (tertiary/aromatic N) is 2. The van der Waals surface area contributed by atoms with Crippen LogP contribution < -0.4 is 9.62 Å². The zero-order chi connectivity index (χ0) is 26.6. The highest BCUT2D eigenvalue weighted by Crippen LogP contribution is 2.42. The van der Waals surface area contributed by atoms with Crippen molar-refractivity contribution in [2.24, 2.45) is 0 Å². The van der Waals surface area contributed by atoms with Crippen molar-refractivity contribution in [1.82, 2.24) is 10.2 Å². The minimum atomic E-state index is -3.68. The average Bonchev–Trinajstić information content (AvgIpc) is 3.11. The molecule has 0 fully saturated rings. The van der Waals surface area contributed by atoms with E-state index in [9.17, 15) is 18.0 Å². The number of carbonyl (C=O) groups excluding carboxylic acids is 2. The van der Waals surface area contributed by atoms with Gasteiger partial charge in [0.25, 0.3) is 10.0 Å². The number of unbranched alkanes of at least 4 members (excludes halogenated alkanes) is 1. The largest absolute Gasteiger partial charge is 0.354 e. The number of carbonyl (C=O) groups is 2. The van der Waals surface area contributed by atoms with E-state index >= 15 is 0 Å². The molecular formula is C28H32ClN3O4S. The van der Waals surface area contributed by atoms with Gasteiger partial charge in [-0.1, -0.05) is 61.3 Å². The van der Waals surface area contributed by atoms with E-state index in [1.165, 1.54) is 4.31 Å². The minimum Gasteiger partial charge on any atom is -0.354 e. The summed E-state index contributed by atoms with van der Waals surface area (Å²) < 4.78 is 27.9. The Balaban J connectivity index is 1.47. The van der Waals surface area contributed by atoms with Crippen LogP contribution in [-0.4, -0.2) is 44.3 Å². The first-order valence-electron chi connectivity index (χ1n) is 12.6. The maximum absolute atomic E-state index is 13.4. The zero-order valence-corrected chi connectivity index (χ0v) is 22.7. The van der Waals surface area contributed by atoms with Gasteiger partial charge >= 0.3 is 0 Å². The van der Waals surface area contributed by atoms with E-state index in [0.29, 0.717) is 28.6 Å². The van der Waals surface area contributed by atoms with Gasteiger partial charge in [-0.15, -0.1) is 0 Å². The Bertz CT molecular complexity index is 1390. The minimum absolute atomic E-state index is 0.110. The fourth-order valence-electron chi connectivity index (χ4n) is 4.62. The monoisotopic (exact) mass is 541 g/mol. The van der Waals surface area contributed by atoms with Gasteiger partial charge in [-0.3, -0.25) is 13.9 Å². The summed E-state index contributed by atoms with van der Waals surface area (Å²) in [6, 6.07) is 17.3. The Morgan fingerprint density at radius 3 is 2.43 bits per heavy atom. The molecule has 196 valence electrons. The van der Waals surface area contributed by atoms with Gasteiger partial charge in [0.1, 0.15) is 6.04 Å². The third-order valence-electron chi connectivity index (χ3n) is 6.70. The molecular weight excluding hydrogens is 510 g/mol. The number of hydrogen-bond donors (Lipinski definition) is 1. The first-order chi connectivity index (χ1) is 17.7. The standard InChI is InChI=1S/C28H32ClN3O4S/c1-3-4-17-30-28(34)20(2)31(19-21-13-15-23(29)16-14-21)26(33)12-7-18-32-24-10-5-8-22-9-6-11-25(27(22)24)37(32,35)36/h5-6,8-11,13-16,20H,3-4,7,12,17-19H2,1-2H3,(H,30,34). The normalized spacial score (nSPS) is 14.5. The van der Waals surface area contributed by atoms with Crippen molar-refractivity contribution >= 4 is 49.9 Å². The third-order valence-corrected chi connectivity index (χ3v) is 8.80. The first-order valence-corrected chi connectivity index (χ1v) is 14.4. The number of halogens is 1. The van der Waals surface area contributed by atoms with Crippen molar-refractivity contribution in [3.8, 4) is 0 Å². The summed E-state index contributed by atoms with van der Waals surface area (Å²) >= 11 is 6.01. The smallest absolute Gasteiger partial charge is 0.265 e. The third kappa shape index (κ3) is 5.75. The predicted octanol–water partition coefficient (Wildman–Crippen LogP) is 5.12. The SMILES string of the molecule is CCCCNC(=O)C(C)N(Cc1ccc(Cl)cc1)C(=O)CCCN1c2cccc3cccc(c23)S1(=O)=O. The lowest BCUT2D eigenvalue weighted by Gasteiger charge is -2.29. The average molecular weight is 542 g/mol. The summed E-state index contributed by atoms with van der Waals surface area (Å²) in [5.74, 6) is -0.416. The molecule has 1 unspecified atom stereocenters. The van der Waals surface area contributed by atoms with Gasteiger partial charge in [0.05, 0.1) is 10.6 Å². The fraction of sp³-hybridized carbons (Fsp3) is 0.357. The second kappa shape index (κ2) is 11.5. The summed E-state index contributed by atoms with van der Waals surface area (Å²) in [6.07, 6.45) is 2.25. The van der Waals surface area contributed by atoms with Crippen molar-refractivity contribution in [3.05, 3.63) is 71.2 Å². The second-order valence-corrected chi connectivity index (χ2v) is 11.5. The highest BCUT2D eigenvalue weighted by molar-refractivity contribution is 7.93. The number of rotatable bonds is 11. The molecule has 0 aliphatic carbocycles. The van der Waals surface area contributed by atoms with E-state index in [2.05, 4.69) is 5.32 Å². The van der Waals surface area contributed by atoms with Crippen molar-refractivity contribution in [1.29, 1.82) is 0 Å². The zero-order valence-electron chi connectivity index (χ0n) is 21.1. The van der Waals surface area contributed by atoms with Crippen LogP contribution in [0.4, 0.5) is 5.69 Å². The molecule has 1 aliphatic heterocycles. The number of amides is 2. The molecule has 1 heterocycles. The van der Waals surface area contributed by atoms with Crippen LogP contribution in [0.3, 0.4) is 0 Å². The van der Waals surface area contributed by atoms with E-state index < -0.39 is 16.1 Å². The Kier molecular flexibility index (Phi) is 8.39. The molecule has 1 atom stereocenters. The highest BCUT2D eigenvalue weighted by atomic mass is 35.5. The van der Waals surface area contributed by atoms with Crippen LogP contribution in [0.5, 0.6) is 0 Å². The molecule has 7 nitrogen and oxygen atoms in total. The summed E-state index contributed by atoms with van der Waals surface area (Å²) in [4.78, 5) is 28.0. The van der Waals surface area contributed by atoms with Crippen molar-refractivity contribution < 1.29 is 18.0 Å². The van der Waals surface area contributed by atoms with Crippen LogP contribution in [0.1, 0.15) is 45.1 Å². The summed E-state index contributed by atoms with van der Waals surface area (Å²) in [5, 5.41) is 5.09. The number of hydrogen-bond acceptors (Lipinski definition) is 4. The first kappa shape index (κ1) is 26.9. The van der Waals surface area contributed by atoms with Gasteiger partial charge in [0.2, 0.25) is 11.8 Å². The van der Waals surface area contributed by atoms with Crippen LogP contribution in [0.2, 0.25) is 5.02 Å². The highest BCUT2D eigenvalue weighted by Gasteiger charge is 2.35. The molecule has 1 N–H and O–H groups in total. The van der Waals surface area contributed by atoms with Crippen molar-refractivity contribution in [2.75, 3.05) is 17.4 Å². The number of sulfonamides is 1. The van der Waals surface area contributed by atoms with Crippen LogP contribution >= 0.6 is 11.6 Å². The molecule has 0 aromatic heterocycles. The van der Waals surface area contributed by atoms with E-state index in [0.717, 1.165) is 29.2 Å². The lowest BCUT2D eigenvalue weighted by Crippen LogP contribution is -2.47. The molecule has 3 aromatic carbocycles. The van der Waals surface area contributed by atoms with Crippen LogP contribution in [-0.2, 0) is 26.2 Å². The summed E-state index contributed by atoms with van der Waals surface area (Å²) in [7, 11) is -3.68. The van der Waals surface area contributed by atoms with E-state index in [-0.39, 0.29) is 31.3 Å². The van der Waals surface area contributed by atoms with Gasteiger partial charge in [-0.2, -0.15) is 0 Å². The molecule has 3 aromatic rings.